The maximum Gasteiger partial charge on any atom is 0.333 e. The van der Waals surface area contributed by atoms with Gasteiger partial charge >= 0.3 is 5.97 Å². The van der Waals surface area contributed by atoms with Crippen LogP contribution < -0.4 is 5.73 Å². The molecule has 0 aliphatic carbocycles. The van der Waals surface area contributed by atoms with Crippen molar-refractivity contribution >= 4 is 17.8 Å². The summed E-state index contributed by atoms with van der Waals surface area (Å²) in [6.45, 7) is 7.51. The zero-order valence-corrected chi connectivity index (χ0v) is 13.2. The van der Waals surface area contributed by atoms with Crippen LogP contribution in [0.3, 0.4) is 0 Å². The summed E-state index contributed by atoms with van der Waals surface area (Å²) in [5.74, 6) is -1.29. The van der Waals surface area contributed by atoms with Crippen LogP contribution in [0.15, 0.2) is 0 Å². The second-order valence-corrected chi connectivity index (χ2v) is 5.45. The summed E-state index contributed by atoms with van der Waals surface area (Å²) in [6, 6.07) is 0. The van der Waals surface area contributed by atoms with Crippen molar-refractivity contribution in [3.05, 3.63) is 0 Å². The quantitative estimate of drug-likeness (QED) is 0.573. The standard InChI is InChI=1S/C14H25N3O4/c1-5-7-8-21-13(20)14(4)9-16(6-2)12(19)11(15)17(14)10(3)18/h11H,5-9,15H2,1-4H3. The number of rotatable bonds is 5. The highest BCUT2D eigenvalue weighted by Gasteiger charge is 2.52. The summed E-state index contributed by atoms with van der Waals surface area (Å²) in [5.41, 5.74) is 4.62. The number of ether oxygens (including phenoxy) is 1. The molecule has 0 radical (unpaired) electrons. The first-order chi connectivity index (χ1) is 9.79. The molecule has 0 bridgehead atoms. The van der Waals surface area contributed by atoms with Crippen molar-refractivity contribution < 1.29 is 19.1 Å². The van der Waals surface area contributed by atoms with E-state index in [1.54, 1.807) is 13.8 Å². The molecule has 21 heavy (non-hydrogen) atoms. The van der Waals surface area contributed by atoms with Crippen molar-refractivity contribution in [3.63, 3.8) is 0 Å². The van der Waals surface area contributed by atoms with Crippen LogP contribution in [0.2, 0.25) is 0 Å². The van der Waals surface area contributed by atoms with Crippen molar-refractivity contribution in [3.8, 4) is 0 Å². The molecule has 1 heterocycles. The molecule has 2 amide bonds. The van der Waals surface area contributed by atoms with Crippen LogP contribution in [-0.4, -0.2) is 59.0 Å². The van der Waals surface area contributed by atoms with Crippen LogP contribution >= 0.6 is 0 Å². The molecule has 120 valence electrons. The third kappa shape index (κ3) is 3.34. The highest BCUT2D eigenvalue weighted by atomic mass is 16.5. The van der Waals surface area contributed by atoms with Gasteiger partial charge in [0.05, 0.1) is 13.2 Å². The van der Waals surface area contributed by atoms with Gasteiger partial charge in [-0.25, -0.2) is 4.79 Å². The fraction of sp³-hybridized carbons (Fsp3) is 0.786. The van der Waals surface area contributed by atoms with E-state index in [0.29, 0.717) is 13.2 Å². The van der Waals surface area contributed by atoms with E-state index in [9.17, 15) is 14.4 Å². The molecule has 2 N–H and O–H groups in total. The van der Waals surface area contributed by atoms with Crippen molar-refractivity contribution in [2.75, 3.05) is 19.7 Å². The van der Waals surface area contributed by atoms with Crippen molar-refractivity contribution in [1.29, 1.82) is 0 Å². The first kappa shape index (κ1) is 17.4. The Balaban J connectivity index is 3.04. The molecule has 1 aliphatic rings. The van der Waals surface area contributed by atoms with Gasteiger partial charge in [0.1, 0.15) is 0 Å². The molecule has 0 aromatic carbocycles. The Morgan fingerprint density at radius 1 is 1.43 bits per heavy atom. The minimum Gasteiger partial charge on any atom is -0.464 e. The fourth-order valence-electron chi connectivity index (χ4n) is 2.57. The van der Waals surface area contributed by atoms with E-state index in [0.717, 1.165) is 17.7 Å². The lowest BCUT2D eigenvalue weighted by Crippen LogP contribution is -2.74. The number of hydrogen-bond acceptors (Lipinski definition) is 5. The number of carbonyl (C=O) groups is 3. The summed E-state index contributed by atoms with van der Waals surface area (Å²) >= 11 is 0. The lowest BCUT2D eigenvalue weighted by Gasteiger charge is -2.48. The van der Waals surface area contributed by atoms with E-state index >= 15 is 0 Å². The number of likely N-dealkylation sites (N-methyl/N-ethyl adjacent to an activating group) is 1. The Morgan fingerprint density at radius 2 is 2.05 bits per heavy atom. The number of nitrogens with zero attached hydrogens (tertiary/aromatic N) is 2. The van der Waals surface area contributed by atoms with Gasteiger partial charge in [0, 0.05) is 13.5 Å². The first-order valence-corrected chi connectivity index (χ1v) is 7.31. The van der Waals surface area contributed by atoms with Gasteiger partial charge in [-0.2, -0.15) is 0 Å². The Kier molecular flexibility index (Phi) is 5.71. The van der Waals surface area contributed by atoms with Gasteiger partial charge in [-0.3, -0.25) is 9.59 Å². The third-order valence-corrected chi connectivity index (χ3v) is 3.77. The van der Waals surface area contributed by atoms with E-state index in [1.165, 1.54) is 11.8 Å². The van der Waals surface area contributed by atoms with E-state index in [-0.39, 0.29) is 12.5 Å². The van der Waals surface area contributed by atoms with Crippen LogP contribution in [0.5, 0.6) is 0 Å². The molecular formula is C14H25N3O4. The van der Waals surface area contributed by atoms with Gasteiger partial charge < -0.3 is 20.3 Å². The molecule has 2 unspecified atom stereocenters. The maximum atomic E-state index is 12.4. The fourth-order valence-corrected chi connectivity index (χ4v) is 2.57. The zero-order chi connectivity index (χ0) is 16.2. The Hall–Kier alpha value is -1.63. The zero-order valence-electron chi connectivity index (χ0n) is 13.2. The van der Waals surface area contributed by atoms with Gasteiger partial charge in [0.2, 0.25) is 5.91 Å². The first-order valence-electron chi connectivity index (χ1n) is 7.31. The molecule has 0 aromatic rings. The average Bonchev–Trinajstić information content (AvgIpc) is 2.42. The average molecular weight is 299 g/mol. The minimum atomic E-state index is -1.25. The Morgan fingerprint density at radius 3 is 2.52 bits per heavy atom. The lowest BCUT2D eigenvalue weighted by molar-refractivity contribution is -0.177. The molecule has 1 rings (SSSR count). The van der Waals surface area contributed by atoms with E-state index in [2.05, 4.69) is 0 Å². The number of hydrogen-bond donors (Lipinski definition) is 1. The van der Waals surface area contributed by atoms with Crippen LogP contribution in [-0.2, 0) is 19.1 Å². The highest BCUT2D eigenvalue weighted by Crippen LogP contribution is 2.26. The van der Waals surface area contributed by atoms with Crippen LogP contribution in [0.25, 0.3) is 0 Å². The Bertz CT molecular complexity index is 426. The number of carbonyl (C=O) groups excluding carboxylic acids is 3. The number of unbranched alkanes of at least 4 members (excludes halogenated alkanes) is 1. The molecular weight excluding hydrogens is 274 g/mol. The van der Waals surface area contributed by atoms with Crippen LogP contribution in [0.4, 0.5) is 0 Å². The summed E-state index contributed by atoms with van der Waals surface area (Å²) in [6.07, 6.45) is 0.504. The number of piperazine rings is 1. The van der Waals surface area contributed by atoms with E-state index in [4.69, 9.17) is 10.5 Å². The lowest BCUT2D eigenvalue weighted by atomic mass is 9.94. The van der Waals surface area contributed by atoms with Crippen molar-refractivity contribution in [2.24, 2.45) is 5.73 Å². The van der Waals surface area contributed by atoms with E-state index in [1.807, 2.05) is 6.92 Å². The predicted molar refractivity (Wildman–Crippen MR) is 77.0 cm³/mol. The van der Waals surface area contributed by atoms with Gasteiger partial charge in [-0.05, 0) is 20.3 Å². The normalized spacial score (nSPS) is 26.0. The molecule has 0 saturated carbocycles. The topological polar surface area (TPSA) is 92.9 Å². The minimum absolute atomic E-state index is 0.0978. The SMILES string of the molecule is CCCCOC(=O)C1(C)CN(CC)C(=O)C(N)N1C(C)=O. The van der Waals surface area contributed by atoms with Crippen LogP contribution in [0.1, 0.15) is 40.5 Å². The summed E-state index contributed by atoms with van der Waals surface area (Å²) in [5, 5.41) is 0. The van der Waals surface area contributed by atoms with Gasteiger partial charge in [0.15, 0.2) is 11.7 Å². The molecule has 0 aromatic heterocycles. The summed E-state index contributed by atoms with van der Waals surface area (Å²) in [7, 11) is 0. The van der Waals surface area contributed by atoms with Gasteiger partial charge in [-0.15, -0.1) is 0 Å². The van der Waals surface area contributed by atoms with E-state index < -0.39 is 23.6 Å². The number of nitrogens with two attached hydrogens (primary N) is 1. The number of amides is 2. The molecule has 1 fully saturated rings. The highest BCUT2D eigenvalue weighted by molar-refractivity contribution is 5.94. The molecule has 0 spiro atoms. The molecule has 2 atom stereocenters. The van der Waals surface area contributed by atoms with Gasteiger partial charge in [0.25, 0.3) is 5.91 Å². The molecule has 7 nitrogen and oxygen atoms in total. The summed E-state index contributed by atoms with van der Waals surface area (Å²) in [4.78, 5) is 39.0. The maximum absolute atomic E-state index is 12.4. The smallest absolute Gasteiger partial charge is 0.333 e. The van der Waals surface area contributed by atoms with Gasteiger partial charge in [-0.1, -0.05) is 13.3 Å². The van der Waals surface area contributed by atoms with Crippen molar-refractivity contribution in [2.45, 2.75) is 52.2 Å². The van der Waals surface area contributed by atoms with Crippen molar-refractivity contribution in [1.82, 2.24) is 9.80 Å². The van der Waals surface area contributed by atoms with Crippen LogP contribution in [0, 0.1) is 0 Å². The molecule has 1 saturated heterocycles. The number of esters is 1. The predicted octanol–water partition coefficient (Wildman–Crippen LogP) is 0.0838. The largest absolute Gasteiger partial charge is 0.464 e. The Labute approximate surface area is 125 Å². The summed E-state index contributed by atoms with van der Waals surface area (Å²) < 4.78 is 5.26. The second kappa shape index (κ2) is 6.89. The molecule has 1 aliphatic heterocycles. The second-order valence-electron chi connectivity index (χ2n) is 5.45. The third-order valence-electron chi connectivity index (χ3n) is 3.77. The monoisotopic (exact) mass is 299 g/mol. The molecule has 7 heteroatoms.